The van der Waals surface area contributed by atoms with Crippen LogP contribution in [0.3, 0.4) is 0 Å². The summed E-state index contributed by atoms with van der Waals surface area (Å²) < 4.78 is 36.9. The van der Waals surface area contributed by atoms with Crippen LogP contribution in [0.4, 0.5) is 4.39 Å². The number of hydrogen-bond acceptors (Lipinski definition) is 4. The van der Waals surface area contributed by atoms with Gasteiger partial charge in [-0.3, -0.25) is 20.4 Å². The number of amides is 2. The van der Waals surface area contributed by atoms with Crippen LogP contribution in [0, 0.1) is 12.7 Å². The van der Waals surface area contributed by atoms with E-state index in [1.807, 2.05) is 6.92 Å². The van der Waals surface area contributed by atoms with Gasteiger partial charge in [-0.2, -0.15) is 0 Å². The molecule has 2 aromatic carbocycles. The third kappa shape index (κ3) is 5.39. The molecule has 0 aliphatic heterocycles. The molecule has 0 spiro atoms. The SMILES string of the molecule is Cc1ccc(C(=O)NNC(=O)CCS(=O)(=O)c2ccc(F)cc2)cc1. The first-order chi connectivity index (χ1) is 11.8. The maximum absolute atomic E-state index is 12.8. The number of nitrogens with one attached hydrogen (secondary N) is 2. The van der Waals surface area contributed by atoms with Gasteiger partial charge in [0.2, 0.25) is 5.91 Å². The fraction of sp³-hybridized carbons (Fsp3) is 0.176. The summed E-state index contributed by atoms with van der Waals surface area (Å²) in [6, 6.07) is 11.1. The van der Waals surface area contributed by atoms with E-state index in [1.165, 1.54) is 0 Å². The summed E-state index contributed by atoms with van der Waals surface area (Å²) in [5.41, 5.74) is 5.74. The van der Waals surface area contributed by atoms with Crippen LogP contribution >= 0.6 is 0 Å². The molecule has 2 N–H and O–H groups in total. The van der Waals surface area contributed by atoms with Crippen LogP contribution in [0.2, 0.25) is 0 Å². The van der Waals surface area contributed by atoms with Crippen LogP contribution in [-0.4, -0.2) is 26.0 Å². The van der Waals surface area contributed by atoms with Crippen molar-refractivity contribution in [2.45, 2.75) is 18.2 Å². The molecule has 0 aromatic heterocycles. The Kier molecular flexibility index (Phi) is 5.87. The van der Waals surface area contributed by atoms with Crippen molar-refractivity contribution in [3.8, 4) is 0 Å². The first kappa shape index (κ1) is 18.6. The fourth-order valence-corrected chi connectivity index (χ4v) is 3.19. The van der Waals surface area contributed by atoms with Crippen LogP contribution in [0.1, 0.15) is 22.3 Å². The molecule has 0 atom stereocenters. The van der Waals surface area contributed by atoms with Gasteiger partial charge in [-0.05, 0) is 43.3 Å². The third-order valence-electron chi connectivity index (χ3n) is 3.40. The molecule has 0 bridgehead atoms. The van der Waals surface area contributed by atoms with Crippen LogP contribution in [0.5, 0.6) is 0 Å². The Hall–Kier alpha value is -2.74. The van der Waals surface area contributed by atoms with Crippen molar-refractivity contribution in [2.24, 2.45) is 0 Å². The zero-order valence-corrected chi connectivity index (χ0v) is 14.3. The highest BCUT2D eigenvalue weighted by Gasteiger charge is 2.17. The van der Waals surface area contributed by atoms with Gasteiger partial charge in [-0.1, -0.05) is 17.7 Å². The second-order valence-electron chi connectivity index (χ2n) is 5.39. The highest BCUT2D eigenvalue weighted by molar-refractivity contribution is 7.91. The first-order valence-corrected chi connectivity index (χ1v) is 9.07. The van der Waals surface area contributed by atoms with Gasteiger partial charge in [0.05, 0.1) is 10.6 Å². The van der Waals surface area contributed by atoms with Crippen molar-refractivity contribution >= 4 is 21.7 Å². The summed E-state index contributed by atoms with van der Waals surface area (Å²) in [5, 5.41) is 0. The highest BCUT2D eigenvalue weighted by Crippen LogP contribution is 2.12. The summed E-state index contributed by atoms with van der Waals surface area (Å²) in [7, 11) is -3.71. The Bertz CT molecular complexity index is 863. The maximum Gasteiger partial charge on any atom is 0.269 e. The number of benzene rings is 2. The minimum absolute atomic E-state index is 0.0645. The van der Waals surface area contributed by atoms with Gasteiger partial charge < -0.3 is 0 Å². The lowest BCUT2D eigenvalue weighted by molar-refractivity contribution is -0.121. The zero-order chi connectivity index (χ0) is 18.4. The number of halogens is 1. The van der Waals surface area contributed by atoms with E-state index in [4.69, 9.17) is 0 Å². The molecular weight excluding hydrogens is 347 g/mol. The smallest absolute Gasteiger partial charge is 0.269 e. The van der Waals surface area contributed by atoms with Crippen molar-refractivity contribution in [1.82, 2.24) is 10.9 Å². The molecule has 0 heterocycles. The molecule has 0 saturated carbocycles. The summed E-state index contributed by atoms with van der Waals surface area (Å²) in [6.07, 6.45) is -0.339. The van der Waals surface area contributed by atoms with E-state index >= 15 is 0 Å². The fourth-order valence-electron chi connectivity index (χ4n) is 1.95. The van der Waals surface area contributed by atoms with Crippen LogP contribution in [0.15, 0.2) is 53.4 Å². The molecule has 0 saturated heterocycles. The predicted molar refractivity (Wildman–Crippen MR) is 89.9 cm³/mol. The van der Waals surface area contributed by atoms with Gasteiger partial charge in [-0.25, -0.2) is 12.8 Å². The second kappa shape index (κ2) is 7.89. The molecule has 8 heteroatoms. The number of sulfone groups is 1. The van der Waals surface area contributed by atoms with E-state index in [-0.39, 0.29) is 11.3 Å². The lowest BCUT2D eigenvalue weighted by Gasteiger charge is -2.08. The Labute approximate surface area is 144 Å². The molecule has 0 fully saturated rings. The molecule has 132 valence electrons. The summed E-state index contributed by atoms with van der Waals surface area (Å²) in [4.78, 5) is 23.5. The molecule has 0 aliphatic rings. The van der Waals surface area contributed by atoms with Gasteiger partial charge in [0.15, 0.2) is 9.84 Å². The van der Waals surface area contributed by atoms with E-state index in [9.17, 15) is 22.4 Å². The average molecular weight is 364 g/mol. The number of aryl methyl sites for hydroxylation is 1. The Balaban J connectivity index is 1.85. The molecule has 2 aromatic rings. The highest BCUT2D eigenvalue weighted by atomic mass is 32.2. The molecule has 0 aliphatic carbocycles. The Morgan fingerprint density at radius 1 is 0.960 bits per heavy atom. The minimum Gasteiger partial charge on any atom is -0.273 e. The van der Waals surface area contributed by atoms with E-state index < -0.39 is 33.2 Å². The molecule has 25 heavy (non-hydrogen) atoms. The topological polar surface area (TPSA) is 92.3 Å². The minimum atomic E-state index is -3.71. The first-order valence-electron chi connectivity index (χ1n) is 7.42. The number of rotatable bonds is 5. The van der Waals surface area contributed by atoms with Crippen molar-refractivity contribution in [1.29, 1.82) is 0 Å². The molecule has 0 radical (unpaired) electrons. The lowest BCUT2D eigenvalue weighted by atomic mass is 10.1. The number of carbonyl (C=O) groups is 2. The van der Waals surface area contributed by atoms with Crippen molar-refractivity contribution in [2.75, 3.05) is 5.75 Å². The standard InChI is InChI=1S/C17H17FN2O4S/c1-12-2-4-13(5-3-12)17(22)20-19-16(21)10-11-25(23,24)15-8-6-14(18)7-9-15/h2-9H,10-11H2,1H3,(H,19,21)(H,20,22). The predicted octanol–water partition coefficient (Wildman–Crippen LogP) is 1.76. The third-order valence-corrected chi connectivity index (χ3v) is 5.13. The van der Waals surface area contributed by atoms with Gasteiger partial charge in [0.1, 0.15) is 5.82 Å². The summed E-state index contributed by atoms with van der Waals surface area (Å²) in [5.74, 6) is -2.15. The van der Waals surface area contributed by atoms with Crippen molar-refractivity contribution in [3.63, 3.8) is 0 Å². The molecule has 6 nitrogen and oxygen atoms in total. The summed E-state index contributed by atoms with van der Waals surface area (Å²) >= 11 is 0. The maximum atomic E-state index is 12.8. The number of hydrazine groups is 1. The van der Waals surface area contributed by atoms with E-state index in [1.54, 1.807) is 24.3 Å². The van der Waals surface area contributed by atoms with Gasteiger partial charge >= 0.3 is 0 Å². The molecule has 2 rings (SSSR count). The quantitative estimate of drug-likeness (QED) is 0.625. The van der Waals surface area contributed by atoms with E-state index in [2.05, 4.69) is 10.9 Å². The van der Waals surface area contributed by atoms with E-state index in [0.29, 0.717) is 5.56 Å². The van der Waals surface area contributed by atoms with Crippen molar-refractivity contribution in [3.05, 3.63) is 65.5 Å². The summed E-state index contributed by atoms with van der Waals surface area (Å²) in [6.45, 7) is 1.88. The van der Waals surface area contributed by atoms with Gasteiger partial charge in [0, 0.05) is 12.0 Å². The van der Waals surface area contributed by atoms with Crippen LogP contribution in [-0.2, 0) is 14.6 Å². The number of carbonyl (C=O) groups excluding carboxylic acids is 2. The monoisotopic (exact) mass is 364 g/mol. The van der Waals surface area contributed by atoms with Crippen LogP contribution in [0.25, 0.3) is 0 Å². The van der Waals surface area contributed by atoms with E-state index in [0.717, 1.165) is 29.8 Å². The Morgan fingerprint density at radius 2 is 1.56 bits per heavy atom. The van der Waals surface area contributed by atoms with Gasteiger partial charge in [-0.15, -0.1) is 0 Å². The van der Waals surface area contributed by atoms with Gasteiger partial charge in [0.25, 0.3) is 5.91 Å². The average Bonchev–Trinajstić information content (AvgIpc) is 2.59. The van der Waals surface area contributed by atoms with Crippen LogP contribution < -0.4 is 10.9 Å². The zero-order valence-electron chi connectivity index (χ0n) is 13.5. The molecule has 2 amide bonds. The lowest BCUT2D eigenvalue weighted by Crippen LogP contribution is -2.42. The number of hydrogen-bond donors (Lipinski definition) is 2. The van der Waals surface area contributed by atoms with Crippen molar-refractivity contribution < 1.29 is 22.4 Å². The second-order valence-corrected chi connectivity index (χ2v) is 7.50. The molecule has 0 unspecified atom stereocenters. The Morgan fingerprint density at radius 3 is 2.16 bits per heavy atom. The normalized spacial score (nSPS) is 11.0. The molecular formula is C17H17FN2O4S. The largest absolute Gasteiger partial charge is 0.273 e.